The average Bonchev–Trinajstić information content (AvgIpc) is 2.77. The van der Waals surface area contributed by atoms with Crippen LogP contribution in [0.3, 0.4) is 0 Å². The van der Waals surface area contributed by atoms with Crippen molar-refractivity contribution in [2.75, 3.05) is 5.01 Å². The van der Waals surface area contributed by atoms with Gasteiger partial charge in [0.2, 0.25) is 6.17 Å². The lowest BCUT2D eigenvalue weighted by Gasteiger charge is -2.26. The van der Waals surface area contributed by atoms with Crippen molar-refractivity contribution in [2.45, 2.75) is 12.3 Å². The van der Waals surface area contributed by atoms with Crippen LogP contribution in [0.2, 0.25) is 0 Å². The van der Waals surface area contributed by atoms with E-state index in [0.29, 0.717) is 0 Å². The van der Waals surface area contributed by atoms with E-state index in [4.69, 9.17) is 0 Å². The number of non-ortho nitro benzene ring substituents is 1. The summed E-state index contributed by atoms with van der Waals surface area (Å²) in [6, 6.07) is 4.70. The fraction of sp³-hybridized carbons (Fsp3) is 0.222. The number of rotatable bonds is 2. The van der Waals surface area contributed by atoms with Crippen LogP contribution in [0.5, 0.6) is 0 Å². The monoisotopic (exact) mass is 260 g/mol. The van der Waals surface area contributed by atoms with Gasteiger partial charge < -0.3 is 0 Å². The number of benzene rings is 1. The zero-order valence-corrected chi connectivity index (χ0v) is 8.76. The van der Waals surface area contributed by atoms with E-state index < -0.39 is 17.3 Å². The van der Waals surface area contributed by atoms with Crippen molar-refractivity contribution in [2.24, 2.45) is 4.99 Å². The summed E-state index contributed by atoms with van der Waals surface area (Å²) >= 11 is 0. The van der Waals surface area contributed by atoms with Crippen LogP contribution in [0.1, 0.15) is 0 Å². The first-order valence-electron chi connectivity index (χ1n) is 4.78. The van der Waals surface area contributed by atoms with Gasteiger partial charge in [-0.3, -0.25) is 20.5 Å². The number of aliphatic imine (C=N–C) groups is 1. The zero-order chi connectivity index (χ0) is 13.3. The number of anilines is 1. The van der Waals surface area contributed by atoms with E-state index in [0.717, 1.165) is 23.5 Å². The Kier molecular flexibility index (Phi) is 2.81. The first-order valence-corrected chi connectivity index (χ1v) is 4.78. The molecule has 6 nitrogen and oxygen atoms in total. The number of nitro groups is 1. The molecule has 9 heteroatoms. The predicted octanol–water partition coefficient (Wildman–Crippen LogP) is 1.84. The highest BCUT2D eigenvalue weighted by atomic mass is 19.4. The Morgan fingerprint density at radius 1 is 1.33 bits per heavy atom. The summed E-state index contributed by atoms with van der Waals surface area (Å²) in [6.45, 7) is 0. The van der Waals surface area contributed by atoms with Crippen LogP contribution in [-0.4, -0.2) is 23.6 Å². The summed E-state index contributed by atoms with van der Waals surface area (Å²) in [6.07, 6.45) is -5.62. The molecule has 1 aromatic rings. The van der Waals surface area contributed by atoms with Crippen LogP contribution < -0.4 is 10.4 Å². The van der Waals surface area contributed by atoms with Gasteiger partial charge in [-0.15, -0.1) is 0 Å². The number of hydrogen-bond acceptors (Lipinski definition) is 5. The molecule has 1 aromatic carbocycles. The maximum absolute atomic E-state index is 12.6. The number of halogens is 3. The zero-order valence-electron chi connectivity index (χ0n) is 8.76. The SMILES string of the molecule is O=[N+]([O-])c1ccc(N2NC=NC2C(F)(F)F)cc1. The van der Waals surface area contributed by atoms with Crippen molar-refractivity contribution in [3.63, 3.8) is 0 Å². The minimum absolute atomic E-state index is 0.139. The van der Waals surface area contributed by atoms with Crippen LogP contribution in [0.4, 0.5) is 24.5 Å². The molecule has 0 aromatic heterocycles. The molecule has 0 bridgehead atoms. The molecular weight excluding hydrogens is 253 g/mol. The molecule has 0 aliphatic carbocycles. The van der Waals surface area contributed by atoms with E-state index in [9.17, 15) is 23.3 Å². The van der Waals surface area contributed by atoms with Crippen molar-refractivity contribution in [3.05, 3.63) is 34.4 Å². The maximum atomic E-state index is 12.6. The second-order valence-corrected chi connectivity index (χ2v) is 3.47. The molecule has 2 rings (SSSR count). The standard InChI is InChI=1S/C9H7F3N4O2/c10-9(11,12)8-13-5-14-15(8)6-1-3-7(4-2-6)16(17)18/h1-5,8H,(H,13,14). The minimum Gasteiger partial charge on any atom is -0.286 e. The van der Waals surface area contributed by atoms with Crippen LogP contribution in [0, 0.1) is 10.1 Å². The molecule has 1 aliphatic rings. The van der Waals surface area contributed by atoms with E-state index >= 15 is 0 Å². The van der Waals surface area contributed by atoms with Gasteiger partial charge in [0, 0.05) is 12.1 Å². The number of hydrogen-bond donors (Lipinski definition) is 1. The largest absolute Gasteiger partial charge is 0.431 e. The van der Waals surface area contributed by atoms with Crippen molar-refractivity contribution in [3.8, 4) is 0 Å². The van der Waals surface area contributed by atoms with Crippen molar-refractivity contribution in [1.29, 1.82) is 0 Å². The van der Waals surface area contributed by atoms with Gasteiger partial charge in [-0.25, -0.2) is 4.99 Å². The highest BCUT2D eigenvalue weighted by molar-refractivity contribution is 5.65. The molecular formula is C9H7F3N4O2. The van der Waals surface area contributed by atoms with Gasteiger partial charge >= 0.3 is 6.18 Å². The van der Waals surface area contributed by atoms with Crippen LogP contribution >= 0.6 is 0 Å². The van der Waals surface area contributed by atoms with Crippen molar-refractivity contribution in [1.82, 2.24) is 5.43 Å². The Bertz CT molecular complexity index is 486. The Balaban J connectivity index is 2.24. The Labute approximate surface area is 98.8 Å². The van der Waals surface area contributed by atoms with Crippen molar-refractivity contribution < 1.29 is 18.1 Å². The molecule has 0 amide bonds. The van der Waals surface area contributed by atoms with Gasteiger partial charge in [-0.05, 0) is 12.1 Å². The summed E-state index contributed by atoms with van der Waals surface area (Å²) in [7, 11) is 0. The summed E-state index contributed by atoms with van der Waals surface area (Å²) < 4.78 is 37.8. The van der Waals surface area contributed by atoms with Gasteiger partial charge in [-0.1, -0.05) is 0 Å². The molecule has 96 valence electrons. The fourth-order valence-electron chi connectivity index (χ4n) is 1.48. The highest BCUT2D eigenvalue weighted by Crippen LogP contribution is 2.30. The molecule has 18 heavy (non-hydrogen) atoms. The summed E-state index contributed by atoms with van der Waals surface area (Å²) in [5, 5.41) is 11.2. The number of nitrogens with one attached hydrogen (secondary N) is 1. The highest BCUT2D eigenvalue weighted by Gasteiger charge is 2.46. The van der Waals surface area contributed by atoms with Gasteiger partial charge in [-0.2, -0.15) is 13.2 Å². The maximum Gasteiger partial charge on any atom is 0.431 e. The molecule has 0 radical (unpaired) electrons. The molecule has 0 saturated carbocycles. The van der Waals surface area contributed by atoms with Crippen molar-refractivity contribution >= 4 is 17.7 Å². The van der Waals surface area contributed by atoms with Crippen LogP contribution in [-0.2, 0) is 0 Å². The van der Waals surface area contributed by atoms with Gasteiger partial charge in [0.25, 0.3) is 5.69 Å². The van der Waals surface area contributed by atoms with E-state index in [-0.39, 0.29) is 11.4 Å². The first-order chi connectivity index (χ1) is 8.39. The lowest BCUT2D eigenvalue weighted by atomic mass is 10.2. The second kappa shape index (κ2) is 4.17. The molecule has 0 saturated heterocycles. The topological polar surface area (TPSA) is 70.8 Å². The summed E-state index contributed by atoms with van der Waals surface area (Å²) in [5.74, 6) is 0. The quantitative estimate of drug-likeness (QED) is 0.650. The van der Waals surface area contributed by atoms with E-state index in [2.05, 4.69) is 10.4 Å². The van der Waals surface area contributed by atoms with Crippen LogP contribution in [0.15, 0.2) is 29.3 Å². The first kappa shape index (κ1) is 12.1. The summed E-state index contributed by atoms with van der Waals surface area (Å²) in [4.78, 5) is 13.1. The fourth-order valence-corrected chi connectivity index (χ4v) is 1.48. The van der Waals surface area contributed by atoms with Gasteiger partial charge in [0.1, 0.15) is 6.34 Å². The molecule has 1 unspecified atom stereocenters. The normalized spacial score (nSPS) is 18.8. The Morgan fingerprint density at radius 2 is 1.94 bits per heavy atom. The molecule has 1 aliphatic heterocycles. The smallest absolute Gasteiger partial charge is 0.286 e. The predicted molar refractivity (Wildman–Crippen MR) is 57.0 cm³/mol. The number of nitrogens with zero attached hydrogens (tertiary/aromatic N) is 3. The minimum atomic E-state index is -4.53. The molecule has 1 N–H and O–H groups in total. The van der Waals surface area contributed by atoms with Gasteiger partial charge in [0.05, 0.1) is 10.6 Å². The van der Waals surface area contributed by atoms with Gasteiger partial charge in [0.15, 0.2) is 0 Å². The molecule has 1 heterocycles. The third-order valence-electron chi connectivity index (χ3n) is 2.29. The summed E-state index contributed by atoms with van der Waals surface area (Å²) in [5.41, 5.74) is 2.28. The lowest BCUT2D eigenvalue weighted by molar-refractivity contribution is -0.384. The average molecular weight is 260 g/mol. The Hall–Kier alpha value is -2.32. The third-order valence-corrected chi connectivity index (χ3v) is 2.29. The number of alkyl halides is 3. The molecule has 1 atom stereocenters. The van der Waals surface area contributed by atoms with Crippen LogP contribution in [0.25, 0.3) is 0 Å². The van der Waals surface area contributed by atoms with E-state index in [1.165, 1.54) is 12.1 Å². The number of hydrazine groups is 1. The molecule has 0 spiro atoms. The Morgan fingerprint density at radius 3 is 2.44 bits per heavy atom. The van der Waals surface area contributed by atoms with E-state index in [1.54, 1.807) is 0 Å². The van der Waals surface area contributed by atoms with E-state index in [1.807, 2.05) is 0 Å². The lowest BCUT2D eigenvalue weighted by Crippen LogP contribution is -2.46. The molecule has 0 fully saturated rings. The number of nitro benzene ring substituents is 1. The second-order valence-electron chi connectivity index (χ2n) is 3.47. The third kappa shape index (κ3) is 2.19.